The number of amides is 1. The van der Waals surface area contributed by atoms with Gasteiger partial charge in [-0.2, -0.15) is 0 Å². The molecule has 2 N–H and O–H groups in total. The summed E-state index contributed by atoms with van der Waals surface area (Å²) in [6.45, 7) is 7.52. The van der Waals surface area contributed by atoms with E-state index >= 15 is 0 Å². The van der Waals surface area contributed by atoms with Crippen molar-refractivity contribution in [2.75, 3.05) is 26.7 Å². The number of hydrogen-bond acceptors (Lipinski definition) is 3. The van der Waals surface area contributed by atoms with E-state index in [0.717, 1.165) is 19.4 Å². The highest BCUT2D eigenvalue weighted by Crippen LogP contribution is 2.29. The van der Waals surface area contributed by atoms with E-state index in [-0.39, 0.29) is 5.91 Å². The molecule has 2 fully saturated rings. The fraction of sp³-hybridized carbons (Fsp3) is 0.933. The summed E-state index contributed by atoms with van der Waals surface area (Å²) >= 11 is 0. The topological polar surface area (TPSA) is 44.4 Å². The van der Waals surface area contributed by atoms with Crippen LogP contribution < -0.4 is 10.6 Å². The zero-order valence-electron chi connectivity index (χ0n) is 12.7. The number of nitrogens with one attached hydrogen (secondary N) is 2. The second kappa shape index (κ2) is 6.23. The molecule has 4 nitrogen and oxygen atoms in total. The Bertz CT molecular complexity index is 305. The molecule has 0 spiro atoms. The second-order valence-electron chi connectivity index (χ2n) is 6.86. The maximum absolute atomic E-state index is 11.1. The van der Waals surface area contributed by atoms with E-state index in [2.05, 4.69) is 29.5 Å². The van der Waals surface area contributed by atoms with Gasteiger partial charge in [-0.05, 0) is 51.1 Å². The van der Waals surface area contributed by atoms with Gasteiger partial charge in [-0.3, -0.25) is 4.79 Å². The van der Waals surface area contributed by atoms with Gasteiger partial charge in [0, 0.05) is 32.1 Å². The van der Waals surface area contributed by atoms with Crippen molar-refractivity contribution in [3.63, 3.8) is 0 Å². The first kappa shape index (κ1) is 14.8. The Labute approximate surface area is 117 Å². The van der Waals surface area contributed by atoms with Crippen LogP contribution in [-0.4, -0.2) is 49.6 Å². The summed E-state index contributed by atoms with van der Waals surface area (Å²) in [4.78, 5) is 13.6. The SMILES string of the molecule is CC(=O)NC1CCC(N(C)CC2(C)CCNC2)CC1. The zero-order valence-corrected chi connectivity index (χ0v) is 12.7. The van der Waals surface area contributed by atoms with Crippen molar-refractivity contribution in [2.24, 2.45) is 5.41 Å². The van der Waals surface area contributed by atoms with Crippen molar-refractivity contribution >= 4 is 5.91 Å². The van der Waals surface area contributed by atoms with Crippen molar-refractivity contribution in [3.8, 4) is 0 Å². The normalized spacial score (nSPS) is 35.6. The van der Waals surface area contributed by atoms with Crippen LogP contribution in [0.4, 0.5) is 0 Å². The number of carbonyl (C=O) groups is 1. The molecule has 1 amide bonds. The third-order valence-electron chi connectivity index (χ3n) is 4.82. The molecule has 1 saturated carbocycles. The highest BCUT2D eigenvalue weighted by atomic mass is 16.1. The van der Waals surface area contributed by atoms with Gasteiger partial charge in [0.2, 0.25) is 5.91 Å². The van der Waals surface area contributed by atoms with E-state index in [0.29, 0.717) is 17.5 Å². The molecular formula is C15H29N3O. The molecule has 2 aliphatic rings. The predicted molar refractivity (Wildman–Crippen MR) is 78.1 cm³/mol. The van der Waals surface area contributed by atoms with E-state index in [9.17, 15) is 4.79 Å². The van der Waals surface area contributed by atoms with Crippen molar-refractivity contribution < 1.29 is 4.79 Å². The maximum atomic E-state index is 11.1. The molecule has 19 heavy (non-hydrogen) atoms. The van der Waals surface area contributed by atoms with Crippen LogP contribution in [0.2, 0.25) is 0 Å². The molecule has 0 aromatic carbocycles. The van der Waals surface area contributed by atoms with Gasteiger partial charge < -0.3 is 15.5 Å². The van der Waals surface area contributed by atoms with E-state index in [1.165, 1.54) is 32.4 Å². The van der Waals surface area contributed by atoms with Gasteiger partial charge in [-0.15, -0.1) is 0 Å². The first-order valence-electron chi connectivity index (χ1n) is 7.67. The first-order valence-corrected chi connectivity index (χ1v) is 7.67. The Morgan fingerprint density at radius 1 is 1.37 bits per heavy atom. The van der Waals surface area contributed by atoms with Crippen LogP contribution in [0.1, 0.15) is 46.0 Å². The van der Waals surface area contributed by atoms with Crippen LogP contribution in [0.25, 0.3) is 0 Å². The summed E-state index contributed by atoms with van der Waals surface area (Å²) in [5.74, 6) is 0.112. The average molecular weight is 267 g/mol. The third-order valence-corrected chi connectivity index (χ3v) is 4.82. The Morgan fingerprint density at radius 2 is 2.05 bits per heavy atom. The molecule has 110 valence electrons. The van der Waals surface area contributed by atoms with Crippen LogP contribution in [0.5, 0.6) is 0 Å². The largest absolute Gasteiger partial charge is 0.354 e. The van der Waals surface area contributed by atoms with Gasteiger partial charge >= 0.3 is 0 Å². The van der Waals surface area contributed by atoms with Crippen LogP contribution in [0, 0.1) is 5.41 Å². The van der Waals surface area contributed by atoms with Gasteiger partial charge in [-0.25, -0.2) is 0 Å². The Morgan fingerprint density at radius 3 is 2.58 bits per heavy atom. The van der Waals surface area contributed by atoms with Crippen LogP contribution in [0.15, 0.2) is 0 Å². The molecule has 1 saturated heterocycles. The van der Waals surface area contributed by atoms with Crippen LogP contribution in [0.3, 0.4) is 0 Å². The van der Waals surface area contributed by atoms with Crippen molar-refractivity contribution in [2.45, 2.75) is 58.0 Å². The lowest BCUT2D eigenvalue weighted by atomic mass is 9.86. The minimum absolute atomic E-state index is 0.112. The highest BCUT2D eigenvalue weighted by Gasteiger charge is 2.32. The fourth-order valence-electron chi connectivity index (χ4n) is 3.68. The molecule has 0 aromatic heterocycles. The molecule has 4 heteroatoms. The molecule has 0 aromatic rings. The molecular weight excluding hydrogens is 238 g/mol. The number of hydrogen-bond donors (Lipinski definition) is 2. The number of carbonyl (C=O) groups excluding carboxylic acids is 1. The Balaban J connectivity index is 1.75. The molecule has 0 radical (unpaired) electrons. The lowest BCUT2D eigenvalue weighted by Gasteiger charge is -2.38. The van der Waals surface area contributed by atoms with Crippen molar-refractivity contribution in [1.29, 1.82) is 0 Å². The third kappa shape index (κ3) is 4.18. The van der Waals surface area contributed by atoms with Crippen molar-refractivity contribution in [1.82, 2.24) is 15.5 Å². The van der Waals surface area contributed by atoms with E-state index in [1.807, 2.05) is 0 Å². The Hall–Kier alpha value is -0.610. The van der Waals surface area contributed by atoms with Gasteiger partial charge in [0.1, 0.15) is 0 Å². The van der Waals surface area contributed by atoms with Gasteiger partial charge in [0.05, 0.1) is 0 Å². The van der Waals surface area contributed by atoms with Gasteiger partial charge in [0.25, 0.3) is 0 Å². The van der Waals surface area contributed by atoms with E-state index in [1.54, 1.807) is 6.92 Å². The maximum Gasteiger partial charge on any atom is 0.217 e. The Kier molecular flexibility index (Phi) is 4.85. The zero-order chi connectivity index (χ0) is 13.9. The number of rotatable bonds is 4. The lowest BCUT2D eigenvalue weighted by molar-refractivity contribution is -0.119. The molecule has 1 aliphatic heterocycles. The molecule has 1 unspecified atom stereocenters. The minimum Gasteiger partial charge on any atom is -0.354 e. The highest BCUT2D eigenvalue weighted by molar-refractivity contribution is 5.73. The lowest BCUT2D eigenvalue weighted by Crippen LogP contribution is -2.45. The number of nitrogens with zero attached hydrogens (tertiary/aromatic N) is 1. The van der Waals surface area contributed by atoms with Crippen LogP contribution in [-0.2, 0) is 4.79 Å². The molecule has 2 rings (SSSR count). The van der Waals surface area contributed by atoms with Gasteiger partial charge in [-0.1, -0.05) is 6.92 Å². The quantitative estimate of drug-likeness (QED) is 0.808. The summed E-state index contributed by atoms with van der Waals surface area (Å²) in [7, 11) is 2.27. The first-order chi connectivity index (χ1) is 8.98. The van der Waals surface area contributed by atoms with Crippen molar-refractivity contribution in [3.05, 3.63) is 0 Å². The summed E-state index contributed by atoms with van der Waals surface area (Å²) in [5.41, 5.74) is 0.448. The molecule has 1 aliphatic carbocycles. The summed E-state index contributed by atoms with van der Waals surface area (Å²) in [6.07, 6.45) is 5.97. The summed E-state index contributed by atoms with van der Waals surface area (Å²) in [6, 6.07) is 1.10. The predicted octanol–water partition coefficient (Wildman–Crippen LogP) is 1.37. The van der Waals surface area contributed by atoms with E-state index in [4.69, 9.17) is 0 Å². The minimum atomic E-state index is 0.112. The molecule has 1 heterocycles. The van der Waals surface area contributed by atoms with Crippen LogP contribution >= 0.6 is 0 Å². The molecule has 1 atom stereocenters. The summed E-state index contributed by atoms with van der Waals surface area (Å²) < 4.78 is 0. The second-order valence-corrected chi connectivity index (χ2v) is 6.86. The van der Waals surface area contributed by atoms with Gasteiger partial charge in [0.15, 0.2) is 0 Å². The monoisotopic (exact) mass is 267 g/mol. The standard InChI is InChI=1S/C15H29N3O/c1-12(19)17-13-4-6-14(7-5-13)18(3)11-15(2)8-9-16-10-15/h13-14,16H,4-11H2,1-3H3,(H,17,19). The summed E-state index contributed by atoms with van der Waals surface area (Å²) in [5, 5.41) is 6.53. The fourth-order valence-corrected chi connectivity index (χ4v) is 3.68. The smallest absolute Gasteiger partial charge is 0.217 e. The molecule has 0 bridgehead atoms. The van der Waals surface area contributed by atoms with E-state index < -0.39 is 0 Å². The average Bonchev–Trinajstić information content (AvgIpc) is 2.75.